The fourth-order valence-electron chi connectivity index (χ4n) is 4.34. The zero-order chi connectivity index (χ0) is 24.3. The molecule has 4 rings (SSSR count). The number of fused-ring (bicyclic) bond motifs is 1. The van der Waals surface area contributed by atoms with Crippen molar-refractivity contribution in [1.82, 2.24) is 19.2 Å². The molecular formula is C22H34N6O5S. The molecule has 0 spiro atoms. The third-order valence-electron chi connectivity index (χ3n) is 6.35. The van der Waals surface area contributed by atoms with E-state index in [2.05, 4.69) is 15.0 Å². The van der Waals surface area contributed by atoms with Crippen molar-refractivity contribution in [2.24, 2.45) is 5.16 Å². The molecule has 34 heavy (non-hydrogen) atoms. The van der Waals surface area contributed by atoms with Crippen LogP contribution in [0.2, 0.25) is 0 Å². The maximum Gasteiger partial charge on any atom is 0.410 e. The monoisotopic (exact) mass is 494 g/mol. The highest BCUT2D eigenvalue weighted by molar-refractivity contribution is 7.88. The van der Waals surface area contributed by atoms with Crippen molar-refractivity contribution in [2.45, 2.75) is 64.7 Å². The molecule has 0 aromatic carbocycles. The van der Waals surface area contributed by atoms with Crippen molar-refractivity contribution in [3.8, 4) is 0 Å². The molecule has 1 aromatic heterocycles. The summed E-state index contributed by atoms with van der Waals surface area (Å²) in [6.07, 6.45) is 6.28. The SMILES string of the molecule is CC(C)OC(=O)N1CCC(ON=C2CCN(c3ncc4c(n3)CCN(S(C)(=O)=O)C4)CC2)CC1. The summed E-state index contributed by atoms with van der Waals surface area (Å²) >= 11 is 0. The summed E-state index contributed by atoms with van der Waals surface area (Å²) in [6.45, 7) is 7.24. The number of oxime groups is 1. The van der Waals surface area contributed by atoms with Crippen LogP contribution in [-0.2, 0) is 32.6 Å². The highest BCUT2D eigenvalue weighted by atomic mass is 32.2. The van der Waals surface area contributed by atoms with Crippen LogP contribution < -0.4 is 4.90 Å². The zero-order valence-corrected chi connectivity index (χ0v) is 21.0. The van der Waals surface area contributed by atoms with Crippen LogP contribution in [-0.4, -0.2) is 90.6 Å². The normalized spacial score (nSPS) is 20.3. The molecule has 1 aromatic rings. The van der Waals surface area contributed by atoms with E-state index in [1.165, 1.54) is 10.6 Å². The van der Waals surface area contributed by atoms with Crippen LogP contribution in [0.25, 0.3) is 0 Å². The van der Waals surface area contributed by atoms with E-state index in [9.17, 15) is 13.2 Å². The predicted octanol–water partition coefficient (Wildman–Crippen LogP) is 1.78. The first-order valence-corrected chi connectivity index (χ1v) is 13.8. The van der Waals surface area contributed by atoms with Crippen molar-refractivity contribution >= 4 is 27.8 Å². The van der Waals surface area contributed by atoms with Gasteiger partial charge < -0.3 is 19.4 Å². The Morgan fingerprint density at radius 1 is 1.12 bits per heavy atom. The minimum atomic E-state index is -3.21. The summed E-state index contributed by atoms with van der Waals surface area (Å²) in [5.74, 6) is 0.687. The van der Waals surface area contributed by atoms with E-state index in [0.717, 1.165) is 55.7 Å². The van der Waals surface area contributed by atoms with Crippen LogP contribution in [0.3, 0.4) is 0 Å². The molecule has 0 bridgehead atoms. The molecule has 0 unspecified atom stereocenters. The van der Waals surface area contributed by atoms with Crippen molar-refractivity contribution in [3.63, 3.8) is 0 Å². The van der Waals surface area contributed by atoms with Crippen LogP contribution in [0.1, 0.15) is 50.8 Å². The lowest BCUT2D eigenvalue weighted by Gasteiger charge is -2.31. The summed E-state index contributed by atoms with van der Waals surface area (Å²) in [5, 5.41) is 4.41. The lowest BCUT2D eigenvalue weighted by atomic mass is 10.1. The van der Waals surface area contributed by atoms with Crippen LogP contribution in [0.4, 0.5) is 10.7 Å². The molecule has 2 saturated heterocycles. The molecule has 4 heterocycles. The second-order valence-corrected chi connectivity index (χ2v) is 11.3. The quantitative estimate of drug-likeness (QED) is 0.569. The molecule has 1 amide bonds. The number of ether oxygens (including phenoxy) is 1. The number of piperidine rings is 2. The average Bonchev–Trinajstić information content (AvgIpc) is 2.81. The number of amides is 1. The van der Waals surface area contributed by atoms with E-state index in [-0.39, 0.29) is 18.3 Å². The highest BCUT2D eigenvalue weighted by Gasteiger charge is 2.27. The number of carbonyl (C=O) groups is 1. The van der Waals surface area contributed by atoms with Crippen molar-refractivity contribution in [2.75, 3.05) is 43.9 Å². The van der Waals surface area contributed by atoms with Gasteiger partial charge in [-0.3, -0.25) is 0 Å². The Kier molecular flexibility index (Phi) is 7.56. The molecule has 11 nitrogen and oxygen atoms in total. The average molecular weight is 495 g/mol. The van der Waals surface area contributed by atoms with Gasteiger partial charge in [0.25, 0.3) is 0 Å². The molecule has 3 aliphatic rings. The number of carbonyl (C=O) groups excluding carboxylic acids is 1. The van der Waals surface area contributed by atoms with E-state index >= 15 is 0 Å². The summed E-state index contributed by atoms with van der Waals surface area (Å²) < 4.78 is 30.3. The van der Waals surface area contributed by atoms with Crippen LogP contribution in [0.15, 0.2) is 11.4 Å². The first-order valence-electron chi connectivity index (χ1n) is 11.9. The molecule has 3 aliphatic heterocycles. The van der Waals surface area contributed by atoms with Crippen molar-refractivity contribution in [3.05, 3.63) is 17.5 Å². The Morgan fingerprint density at radius 2 is 1.82 bits per heavy atom. The summed E-state index contributed by atoms with van der Waals surface area (Å²) in [5.41, 5.74) is 2.83. The van der Waals surface area contributed by atoms with Gasteiger partial charge in [-0.25, -0.2) is 23.2 Å². The van der Waals surface area contributed by atoms with Gasteiger partial charge in [0, 0.05) is 83.1 Å². The predicted molar refractivity (Wildman–Crippen MR) is 127 cm³/mol. The fraction of sp³-hybridized carbons (Fsp3) is 0.727. The van der Waals surface area contributed by atoms with Crippen molar-refractivity contribution < 1.29 is 22.8 Å². The first kappa shape index (κ1) is 24.6. The summed E-state index contributed by atoms with van der Waals surface area (Å²) in [6, 6.07) is 0. The minimum absolute atomic E-state index is 0.0177. The van der Waals surface area contributed by atoms with E-state index in [4.69, 9.17) is 14.6 Å². The molecular weight excluding hydrogens is 460 g/mol. The number of hydrogen-bond acceptors (Lipinski definition) is 9. The summed E-state index contributed by atoms with van der Waals surface area (Å²) in [4.78, 5) is 30.9. The smallest absolute Gasteiger partial charge is 0.410 e. The maximum atomic E-state index is 12.0. The molecule has 12 heteroatoms. The molecule has 0 N–H and O–H groups in total. The molecule has 0 radical (unpaired) electrons. The number of hydrogen-bond donors (Lipinski definition) is 0. The van der Waals surface area contributed by atoms with Gasteiger partial charge in [-0.05, 0) is 13.8 Å². The molecule has 0 aliphatic carbocycles. The topological polar surface area (TPSA) is 118 Å². The van der Waals surface area contributed by atoms with Gasteiger partial charge in [0.1, 0.15) is 6.10 Å². The first-order chi connectivity index (χ1) is 16.2. The Hall–Kier alpha value is -2.47. The van der Waals surface area contributed by atoms with Crippen LogP contribution in [0.5, 0.6) is 0 Å². The molecule has 188 valence electrons. The number of nitrogens with zero attached hydrogens (tertiary/aromatic N) is 6. The van der Waals surface area contributed by atoms with Gasteiger partial charge in [0.2, 0.25) is 16.0 Å². The van der Waals surface area contributed by atoms with E-state index in [0.29, 0.717) is 38.5 Å². The molecule has 2 fully saturated rings. The highest BCUT2D eigenvalue weighted by Crippen LogP contribution is 2.23. The van der Waals surface area contributed by atoms with Crippen LogP contribution in [0, 0.1) is 0 Å². The Labute approximate surface area is 201 Å². The van der Waals surface area contributed by atoms with Crippen molar-refractivity contribution in [1.29, 1.82) is 0 Å². The van der Waals surface area contributed by atoms with Gasteiger partial charge in [-0.2, -0.15) is 4.31 Å². The Bertz CT molecular complexity index is 1010. The van der Waals surface area contributed by atoms with Gasteiger partial charge in [-0.1, -0.05) is 5.16 Å². The summed E-state index contributed by atoms with van der Waals surface area (Å²) in [7, 11) is -3.21. The third-order valence-corrected chi connectivity index (χ3v) is 7.60. The number of likely N-dealkylation sites (tertiary alicyclic amines) is 1. The van der Waals surface area contributed by atoms with E-state index < -0.39 is 10.0 Å². The molecule has 0 saturated carbocycles. The lowest BCUT2D eigenvalue weighted by molar-refractivity contribution is 0.00415. The third kappa shape index (κ3) is 6.15. The van der Waals surface area contributed by atoms with E-state index in [1.54, 1.807) is 11.1 Å². The number of sulfonamides is 1. The number of anilines is 1. The second kappa shape index (κ2) is 10.4. The second-order valence-electron chi connectivity index (χ2n) is 9.36. The Balaban J connectivity index is 1.24. The van der Waals surface area contributed by atoms with E-state index in [1.807, 2.05) is 13.8 Å². The maximum absolute atomic E-state index is 12.0. The standard InChI is InChI=1S/C22H34N6O5S/c1-16(2)32-22(29)27-11-6-19(7-12-27)33-25-18-4-9-26(10-5-18)21-23-14-17-15-28(34(3,30)31)13-8-20(17)24-21/h14,16,19H,4-13,15H2,1-3H3. The van der Waals surface area contributed by atoms with Gasteiger partial charge in [0.15, 0.2) is 0 Å². The largest absolute Gasteiger partial charge is 0.447 e. The number of rotatable bonds is 5. The lowest BCUT2D eigenvalue weighted by Crippen LogP contribution is -2.41. The van der Waals surface area contributed by atoms with Gasteiger partial charge in [0.05, 0.1) is 23.8 Å². The fourth-order valence-corrected chi connectivity index (χ4v) is 5.14. The van der Waals surface area contributed by atoms with Gasteiger partial charge >= 0.3 is 6.09 Å². The van der Waals surface area contributed by atoms with Gasteiger partial charge in [-0.15, -0.1) is 0 Å². The zero-order valence-electron chi connectivity index (χ0n) is 20.1. The van der Waals surface area contributed by atoms with Crippen LogP contribution >= 0.6 is 0 Å². The minimum Gasteiger partial charge on any atom is -0.447 e. The Morgan fingerprint density at radius 3 is 2.47 bits per heavy atom. The molecule has 0 atom stereocenters. The number of aromatic nitrogens is 2.